The van der Waals surface area contributed by atoms with Gasteiger partial charge in [0.2, 0.25) is 0 Å². The molecular weight excluding hydrogens is 497 g/mol. The molecule has 0 aromatic heterocycles. The van der Waals surface area contributed by atoms with Gasteiger partial charge in [0.25, 0.3) is 15.9 Å². The molecule has 0 radical (unpaired) electrons. The SMILES string of the molecule is COC(=O)c1ccccc1NC(=O)c1cccc(S(=O)(=O)N(Cl)c2ccc(C(F)(F)F)cc2)c1. The Hall–Kier alpha value is -3.57. The van der Waals surface area contributed by atoms with Gasteiger partial charge in [-0.2, -0.15) is 25.4 Å². The van der Waals surface area contributed by atoms with Crippen molar-refractivity contribution in [3.8, 4) is 0 Å². The Labute approximate surface area is 197 Å². The number of halogens is 4. The number of anilines is 2. The van der Waals surface area contributed by atoms with Crippen LogP contribution in [0.5, 0.6) is 0 Å². The maximum atomic E-state index is 12.9. The van der Waals surface area contributed by atoms with E-state index in [9.17, 15) is 31.2 Å². The minimum absolute atomic E-state index is 0.0711. The van der Waals surface area contributed by atoms with Crippen molar-refractivity contribution >= 4 is 45.1 Å². The highest BCUT2D eigenvalue weighted by molar-refractivity contribution is 7.94. The average Bonchev–Trinajstić information content (AvgIpc) is 2.83. The number of carbonyl (C=O) groups is 2. The molecule has 1 N–H and O–H groups in total. The van der Waals surface area contributed by atoms with E-state index in [0.29, 0.717) is 12.1 Å². The van der Waals surface area contributed by atoms with Gasteiger partial charge in [-0.1, -0.05) is 18.2 Å². The van der Waals surface area contributed by atoms with Crippen molar-refractivity contribution in [2.45, 2.75) is 11.1 Å². The van der Waals surface area contributed by atoms with Crippen LogP contribution in [-0.4, -0.2) is 27.4 Å². The van der Waals surface area contributed by atoms with E-state index in [1.54, 1.807) is 12.1 Å². The van der Waals surface area contributed by atoms with Crippen LogP contribution in [0.25, 0.3) is 0 Å². The van der Waals surface area contributed by atoms with Gasteiger partial charge in [-0.25, -0.2) is 4.79 Å². The van der Waals surface area contributed by atoms with Crippen molar-refractivity contribution in [3.63, 3.8) is 0 Å². The first-order valence-electron chi connectivity index (χ1n) is 9.42. The highest BCUT2D eigenvalue weighted by Gasteiger charge is 2.31. The number of para-hydroxylation sites is 1. The fraction of sp³-hybridized carbons (Fsp3) is 0.0909. The minimum atomic E-state index is -4.59. The summed E-state index contributed by atoms with van der Waals surface area (Å²) in [5.41, 5.74) is -1.02. The zero-order valence-corrected chi connectivity index (χ0v) is 18.9. The zero-order valence-electron chi connectivity index (χ0n) is 17.3. The number of sulfonamides is 1. The van der Waals surface area contributed by atoms with Crippen molar-refractivity contribution in [3.05, 3.63) is 89.5 Å². The van der Waals surface area contributed by atoms with Gasteiger partial charge in [0.15, 0.2) is 0 Å². The van der Waals surface area contributed by atoms with Crippen molar-refractivity contribution in [1.29, 1.82) is 0 Å². The molecule has 0 saturated heterocycles. The summed E-state index contributed by atoms with van der Waals surface area (Å²) < 4.78 is 69.0. The van der Waals surface area contributed by atoms with Gasteiger partial charge in [0.05, 0.1) is 34.5 Å². The number of benzene rings is 3. The summed E-state index contributed by atoms with van der Waals surface area (Å²) in [5, 5.41) is 2.51. The van der Waals surface area contributed by atoms with E-state index >= 15 is 0 Å². The van der Waals surface area contributed by atoms with E-state index in [0.717, 1.165) is 18.2 Å². The first kappa shape index (κ1) is 25.1. The molecule has 0 atom stereocenters. The number of carbonyl (C=O) groups excluding carboxylic acids is 2. The molecule has 0 aliphatic rings. The predicted molar refractivity (Wildman–Crippen MR) is 119 cm³/mol. The monoisotopic (exact) mass is 512 g/mol. The van der Waals surface area contributed by atoms with Gasteiger partial charge < -0.3 is 10.1 Å². The summed E-state index contributed by atoms with van der Waals surface area (Å²) in [5.74, 6) is -1.40. The summed E-state index contributed by atoms with van der Waals surface area (Å²) in [7, 11) is -3.25. The second-order valence-electron chi connectivity index (χ2n) is 6.78. The Balaban J connectivity index is 1.87. The molecular formula is C22H16ClF3N2O5S. The largest absolute Gasteiger partial charge is 0.465 e. The van der Waals surface area contributed by atoms with E-state index in [4.69, 9.17) is 11.8 Å². The lowest BCUT2D eigenvalue weighted by Gasteiger charge is -2.17. The Morgan fingerprint density at radius 3 is 2.24 bits per heavy atom. The van der Waals surface area contributed by atoms with Crippen LogP contribution in [0.4, 0.5) is 24.5 Å². The second kappa shape index (κ2) is 9.74. The molecule has 3 rings (SSSR count). The maximum absolute atomic E-state index is 12.9. The number of ether oxygens (including phenoxy) is 1. The molecule has 0 saturated carbocycles. The molecule has 3 aromatic carbocycles. The molecule has 34 heavy (non-hydrogen) atoms. The Morgan fingerprint density at radius 2 is 1.62 bits per heavy atom. The van der Waals surface area contributed by atoms with E-state index in [2.05, 4.69) is 10.1 Å². The van der Waals surface area contributed by atoms with E-state index in [-0.39, 0.29) is 31.2 Å². The van der Waals surface area contributed by atoms with Crippen molar-refractivity contribution in [1.82, 2.24) is 0 Å². The van der Waals surface area contributed by atoms with Crippen LogP contribution in [-0.2, 0) is 20.9 Å². The number of esters is 1. The molecule has 7 nitrogen and oxygen atoms in total. The van der Waals surface area contributed by atoms with Gasteiger partial charge in [-0.05, 0) is 54.6 Å². The fourth-order valence-electron chi connectivity index (χ4n) is 2.87. The highest BCUT2D eigenvalue weighted by Crippen LogP contribution is 2.32. The van der Waals surface area contributed by atoms with Crippen molar-refractivity contribution in [2.24, 2.45) is 0 Å². The number of rotatable bonds is 6. The van der Waals surface area contributed by atoms with Crippen LogP contribution >= 0.6 is 11.8 Å². The van der Waals surface area contributed by atoms with Gasteiger partial charge in [0.1, 0.15) is 0 Å². The van der Waals surface area contributed by atoms with Crippen molar-refractivity contribution in [2.75, 3.05) is 16.3 Å². The Bertz CT molecular complexity index is 1330. The van der Waals surface area contributed by atoms with Gasteiger partial charge in [-0.15, -0.1) is 0 Å². The summed E-state index contributed by atoms with van der Waals surface area (Å²) in [4.78, 5) is 24.2. The summed E-state index contributed by atoms with van der Waals surface area (Å²) in [6.45, 7) is 0. The van der Waals surface area contributed by atoms with Crippen LogP contribution in [0, 0.1) is 0 Å². The van der Waals surface area contributed by atoms with E-state index < -0.39 is 33.6 Å². The maximum Gasteiger partial charge on any atom is 0.416 e. The molecule has 178 valence electrons. The lowest BCUT2D eigenvalue weighted by molar-refractivity contribution is -0.137. The number of alkyl halides is 3. The van der Waals surface area contributed by atoms with Crippen LogP contribution in [0.15, 0.2) is 77.7 Å². The minimum Gasteiger partial charge on any atom is -0.465 e. The second-order valence-corrected chi connectivity index (χ2v) is 9.11. The Kier molecular flexibility index (Phi) is 7.18. The van der Waals surface area contributed by atoms with Gasteiger partial charge in [0, 0.05) is 17.3 Å². The number of hydrogen-bond acceptors (Lipinski definition) is 5. The number of nitrogens with zero attached hydrogens (tertiary/aromatic N) is 1. The lowest BCUT2D eigenvalue weighted by Crippen LogP contribution is -2.22. The summed E-state index contributed by atoms with van der Waals surface area (Å²) in [6.07, 6.45) is -4.59. The Morgan fingerprint density at radius 1 is 0.971 bits per heavy atom. The third-order valence-corrected chi connectivity index (χ3v) is 6.81. The normalized spacial score (nSPS) is 11.6. The van der Waals surface area contributed by atoms with Crippen LogP contribution in [0.3, 0.4) is 0 Å². The molecule has 12 heteroatoms. The number of amides is 1. The topological polar surface area (TPSA) is 92.8 Å². The van der Waals surface area contributed by atoms with Crippen LogP contribution in [0.2, 0.25) is 0 Å². The molecule has 0 spiro atoms. The number of methoxy groups -OCH3 is 1. The quantitative estimate of drug-likeness (QED) is 0.367. The third kappa shape index (κ3) is 5.32. The highest BCUT2D eigenvalue weighted by atomic mass is 35.5. The van der Waals surface area contributed by atoms with Crippen LogP contribution < -0.4 is 9.14 Å². The summed E-state index contributed by atoms with van der Waals surface area (Å²) >= 11 is 5.94. The smallest absolute Gasteiger partial charge is 0.416 e. The third-order valence-electron chi connectivity index (χ3n) is 4.58. The van der Waals surface area contributed by atoms with E-state index in [1.807, 2.05) is 0 Å². The molecule has 0 unspecified atom stereocenters. The van der Waals surface area contributed by atoms with E-state index in [1.165, 1.54) is 37.4 Å². The van der Waals surface area contributed by atoms with Crippen LogP contribution in [0.1, 0.15) is 26.3 Å². The molecule has 0 bridgehead atoms. The van der Waals surface area contributed by atoms with Gasteiger partial charge in [-0.3, -0.25) is 4.79 Å². The molecule has 0 aliphatic carbocycles. The predicted octanol–water partition coefficient (Wildman–Crippen LogP) is 5.09. The van der Waals surface area contributed by atoms with Crippen molar-refractivity contribution < 1.29 is 35.9 Å². The first-order valence-corrected chi connectivity index (χ1v) is 11.2. The average molecular weight is 513 g/mol. The molecule has 0 aliphatic heterocycles. The molecule has 1 amide bonds. The fourth-order valence-corrected chi connectivity index (χ4v) is 4.33. The molecule has 0 fully saturated rings. The van der Waals surface area contributed by atoms with Gasteiger partial charge >= 0.3 is 12.1 Å². The zero-order chi connectivity index (χ0) is 25.1. The standard InChI is InChI=1S/C22H16ClF3N2O5S/c1-33-21(30)18-7-2-3-8-19(18)27-20(29)14-5-4-6-17(13-14)34(31,32)28(23)16-11-9-15(10-12-16)22(24,25)26/h2-13H,1H3,(H,27,29). The number of nitrogens with one attached hydrogen (secondary N) is 1. The summed E-state index contributed by atoms with van der Waals surface area (Å²) in [6, 6.07) is 14.1. The lowest BCUT2D eigenvalue weighted by atomic mass is 10.1. The molecule has 3 aromatic rings. The number of hydrogen-bond donors (Lipinski definition) is 1. The first-order chi connectivity index (χ1) is 15.9. The molecule has 0 heterocycles.